The van der Waals surface area contributed by atoms with E-state index in [2.05, 4.69) is 10.6 Å². The molecule has 0 radical (unpaired) electrons. The lowest BCUT2D eigenvalue weighted by Crippen LogP contribution is -2.43. The number of benzene rings is 1. The fourth-order valence-corrected chi connectivity index (χ4v) is 1.62. The number of aliphatic hydroxyl groups excluding tert-OH is 1. The maximum absolute atomic E-state index is 11.7. The normalized spacial score (nSPS) is 11.7. The average molecular weight is 282 g/mol. The number of hydrogen-bond donors (Lipinski definition) is 4. The van der Waals surface area contributed by atoms with Crippen LogP contribution in [-0.2, 0) is 16.1 Å². The minimum Gasteiger partial charge on any atom is -0.480 e. The largest absolute Gasteiger partial charge is 0.480 e. The van der Waals surface area contributed by atoms with Gasteiger partial charge in [0.05, 0.1) is 6.61 Å². The molecular formula is C13H18N2O5. The van der Waals surface area contributed by atoms with Crippen molar-refractivity contribution in [2.45, 2.75) is 19.1 Å². The first-order valence-electron chi connectivity index (χ1n) is 6.06. The molecule has 0 spiro atoms. The molecule has 0 aliphatic carbocycles. The molecule has 4 N–H and O–H groups in total. The Kier molecular flexibility index (Phi) is 6.48. The average Bonchev–Trinajstić information content (AvgIpc) is 2.38. The maximum Gasteiger partial charge on any atom is 0.326 e. The molecule has 1 aromatic rings. The Balaban J connectivity index is 2.61. The number of hydrogen-bond acceptors (Lipinski definition) is 4. The van der Waals surface area contributed by atoms with Crippen molar-refractivity contribution in [1.29, 1.82) is 0 Å². The Bertz CT molecular complexity index is 464. The highest BCUT2D eigenvalue weighted by Gasteiger charge is 2.19. The summed E-state index contributed by atoms with van der Waals surface area (Å²) >= 11 is 0. The number of carboxylic acids is 1. The predicted molar refractivity (Wildman–Crippen MR) is 72.4 cm³/mol. The van der Waals surface area contributed by atoms with E-state index in [1.807, 2.05) is 6.07 Å². The van der Waals surface area contributed by atoms with E-state index in [1.165, 1.54) is 0 Å². The first-order chi connectivity index (χ1) is 9.56. The molecule has 0 heterocycles. The molecule has 0 aromatic heterocycles. The molecule has 0 saturated heterocycles. The number of aliphatic hydroxyl groups is 1. The number of nitrogens with one attached hydrogen (secondary N) is 2. The topological polar surface area (TPSA) is 108 Å². The third-order valence-corrected chi connectivity index (χ3v) is 2.52. The van der Waals surface area contributed by atoms with E-state index in [0.29, 0.717) is 12.3 Å². The molecule has 0 bridgehead atoms. The summed E-state index contributed by atoms with van der Waals surface area (Å²) in [5, 5.41) is 22.4. The summed E-state index contributed by atoms with van der Waals surface area (Å²) in [6.45, 7) is 0.0972. The number of anilines is 1. The van der Waals surface area contributed by atoms with Crippen LogP contribution in [-0.4, -0.2) is 42.0 Å². The summed E-state index contributed by atoms with van der Waals surface area (Å²) in [4.78, 5) is 22.5. The number of carbonyl (C=O) groups is 2. The molecule has 0 unspecified atom stereocenters. The summed E-state index contributed by atoms with van der Waals surface area (Å²) < 4.78 is 4.98. The van der Waals surface area contributed by atoms with Gasteiger partial charge in [0.15, 0.2) is 0 Å². The van der Waals surface area contributed by atoms with E-state index in [4.69, 9.17) is 14.9 Å². The summed E-state index contributed by atoms with van der Waals surface area (Å²) in [6, 6.07) is 5.25. The number of rotatable bonds is 7. The van der Waals surface area contributed by atoms with Crippen molar-refractivity contribution in [2.75, 3.05) is 19.0 Å². The van der Waals surface area contributed by atoms with E-state index in [0.717, 1.165) is 5.56 Å². The first kappa shape index (κ1) is 15.9. The highest BCUT2D eigenvalue weighted by molar-refractivity contribution is 5.92. The number of carboxylic acid groups (broad SMARTS) is 1. The van der Waals surface area contributed by atoms with Crippen LogP contribution in [0.15, 0.2) is 24.3 Å². The molecule has 0 saturated carbocycles. The zero-order valence-electron chi connectivity index (χ0n) is 11.1. The third kappa shape index (κ3) is 5.25. The molecule has 7 nitrogen and oxygen atoms in total. The second kappa shape index (κ2) is 8.13. The monoisotopic (exact) mass is 282 g/mol. The van der Waals surface area contributed by atoms with Crippen molar-refractivity contribution in [3.63, 3.8) is 0 Å². The van der Waals surface area contributed by atoms with Crippen LogP contribution >= 0.6 is 0 Å². The zero-order chi connectivity index (χ0) is 15.0. The maximum atomic E-state index is 11.7. The smallest absolute Gasteiger partial charge is 0.326 e. The third-order valence-electron chi connectivity index (χ3n) is 2.52. The molecule has 1 aromatic carbocycles. The Hall–Kier alpha value is -2.12. The summed E-state index contributed by atoms with van der Waals surface area (Å²) in [7, 11) is 1.57. The SMILES string of the molecule is COCc1cccc(NC(=O)N[C@@H](CCO)C(=O)O)c1. The molecule has 0 aliphatic heterocycles. The van der Waals surface area contributed by atoms with Gasteiger partial charge in [-0.3, -0.25) is 0 Å². The fraction of sp³-hybridized carbons (Fsp3) is 0.385. The van der Waals surface area contributed by atoms with Gasteiger partial charge in [0, 0.05) is 25.8 Å². The highest BCUT2D eigenvalue weighted by atomic mass is 16.5. The van der Waals surface area contributed by atoms with E-state index >= 15 is 0 Å². The van der Waals surface area contributed by atoms with Crippen LogP contribution in [0.5, 0.6) is 0 Å². The van der Waals surface area contributed by atoms with Crippen LogP contribution in [0.25, 0.3) is 0 Å². The minimum absolute atomic E-state index is 0.0491. The van der Waals surface area contributed by atoms with Crippen LogP contribution < -0.4 is 10.6 Å². The van der Waals surface area contributed by atoms with E-state index in [1.54, 1.807) is 25.3 Å². The van der Waals surface area contributed by atoms with Crippen molar-refractivity contribution < 1.29 is 24.5 Å². The van der Waals surface area contributed by atoms with Crippen molar-refractivity contribution >= 4 is 17.7 Å². The van der Waals surface area contributed by atoms with Gasteiger partial charge in [0.25, 0.3) is 0 Å². The van der Waals surface area contributed by atoms with Gasteiger partial charge in [-0.05, 0) is 17.7 Å². The first-order valence-corrected chi connectivity index (χ1v) is 6.06. The Morgan fingerprint density at radius 3 is 2.75 bits per heavy atom. The number of methoxy groups -OCH3 is 1. The molecule has 110 valence electrons. The summed E-state index contributed by atoms with van der Waals surface area (Å²) in [5.41, 5.74) is 1.42. The predicted octanol–water partition coefficient (Wildman–Crippen LogP) is 0.790. The number of urea groups is 1. The number of carbonyl (C=O) groups excluding carboxylic acids is 1. The van der Waals surface area contributed by atoms with Crippen LogP contribution in [0.4, 0.5) is 10.5 Å². The lowest BCUT2D eigenvalue weighted by atomic mass is 10.2. The van der Waals surface area contributed by atoms with Gasteiger partial charge in [0.2, 0.25) is 0 Å². The highest BCUT2D eigenvalue weighted by Crippen LogP contribution is 2.11. The molecule has 20 heavy (non-hydrogen) atoms. The number of amides is 2. The van der Waals surface area contributed by atoms with Crippen molar-refractivity contribution in [2.24, 2.45) is 0 Å². The van der Waals surface area contributed by atoms with E-state index in [9.17, 15) is 9.59 Å². The van der Waals surface area contributed by atoms with Gasteiger partial charge in [-0.15, -0.1) is 0 Å². The molecule has 7 heteroatoms. The van der Waals surface area contributed by atoms with Crippen molar-refractivity contribution in [1.82, 2.24) is 5.32 Å². The van der Waals surface area contributed by atoms with Crippen LogP contribution in [0.1, 0.15) is 12.0 Å². The Morgan fingerprint density at radius 2 is 2.15 bits per heavy atom. The van der Waals surface area contributed by atoms with Crippen LogP contribution in [0.2, 0.25) is 0 Å². The zero-order valence-corrected chi connectivity index (χ0v) is 11.1. The Labute approximate surface area is 116 Å². The Morgan fingerprint density at radius 1 is 1.40 bits per heavy atom. The lowest BCUT2D eigenvalue weighted by Gasteiger charge is -2.14. The second-order valence-corrected chi connectivity index (χ2v) is 4.13. The van der Waals surface area contributed by atoms with Crippen LogP contribution in [0.3, 0.4) is 0 Å². The standard InChI is InChI=1S/C13H18N2O5/c1-20-8-9-3-2-4-10(7-9)14-13(19)15-11(5-6-16)12(17)18/h2-4,7,11,16H,5-6,8H2,1H3,(H,17,18)(H2,14,15,19)/t11-/m0/s1. The van der Waals surface area contributed by atoms with Crippen LogP contribution in [0, 0.1) is 0 Å². The minimum atomic E-state index is -1.19. The lowest BCUT2D eigenvalue weighted by molar-refractivity contribution is -0.139. The quantitative estimate of drug-likeness (QED) is 0.591. The summed E-state index contributed by atoms with van der Waals surface area (Å²) in [5.74, 6) is -1.19. The molecule has 2 amide bonds. The van der Waals surface area contributed by atoms with Gasteiger partial charge >= 0.3 is 12.0 Å². The van der Waals surface area contributed by atoms with Gasteiger partial charge in [-0.1, -0.05) is 12.1 Å². The molecular weight excluding hydrogens is 264 g/mol. The van der Waals surface area contributed by atoms with Gasteiger partial charge in [0.1, 0.15) is 6.04 Å². The van der Waals surface area contributed by atoms with Gasteiger partial charge in [-0.2, -0.15) is 0 Å². The molecule has 0 fully saturated rings. The molecule has 1 atom stereocenters. The number of ether oxygens (including phenoxy) is 1. The van der Waals surface area contributed by atoms with Gasteiger partial charge < -0.3 is 25.6 Å². The van der Waals surface area contributed by atoms with Crippen molar-refractivity contribution in [3.05, 3.63) is 29.8 Å². The molecule has 0 aliphatic rings. The number of aliphatic carboxylic acids is 1. The van der Waals surface area contributed by atoms with Gasteiger partial charge in [-0.25, -0.2) is 9.59 Å². The second-order valence-electron chi connectivity index (χ2n) is 4.13. The summed E-state index contributed by atoms with van der Waals surface area (Å²) in [6.07, 6.45) is -0.0491. The van der Waals surface area contributed by atoms with Crippen molar-refractivity contribution in [3.8, 4) is 0 Å². The van der Waals surface area contributed by atoms with E-state index < -0.39 is 18.0 Å². The fourth-order valence-electron chi connectivity index (χ4n) is 1.62. The van der Waals surface area contributed by atoms with E-state index in [-0.39, 0.29) is 13.0 Å². The molecule has 1 rings (SSSR count).